The summed E-state index contributed by atoms with van der Waals surface area (Å²) in [6, 6.07) is 152. The summed E-state index contributed by atoms with van der Waals surface area (Å²) >= 11 is 1.87. The number of benzene rings is 17. The van der Waals surface area contributed by atoms with E-state index in [9.17, 15) is 0 Å². The number of rotatable bonds is 13. The van der Waals surface area contributed by atoms with E-state index in [0.29, 0.717) is 0 Å². The standard InChI is InChI=1S/C64H50N2.C58H45NS/c1-2-10-44(11-3-1)46-22-27-52(28-23-46)65(54-31-33-55(34-32-54)66-62-16-8-5-13-57(62)58-14-6-9-17-63(58)66)53-29-24-47(25-30-53)45-18-20-48(21-19-45)49-26-35-61-59(41-49)56-12-4-7-15-60(56)64(61)50-37-42-36-43(39-50)40-51(64)38-42;1-2-8-39(9-3-1)41-18-23-47(24-19-41)59(49-27-28-52-51-11-5-7-13-56(51)60-57(52)36-49)48-25-20-42(21-26-48)40-14-16-43(17-15-40)44-22-29-55-53(35-44)50-10-4-6-12-54(50)58(55)45-31-37-30-38(33-45)34-46(58)32-37/h1-35,41-43,50-51H,36-40H2;1-29,35-38,45-46H,30-34H2. The maximum atomic E-state index is 2.54. The molecule has 0 atom stereocenters. The molecule has 0 radical (unpaired) electrons. The van der Waals surface area contributed by atoms with Crippen LogP contribution in [0, 0.1) is 47.3 Å². The number of nitrogens with zero attached hydrogens (tertiary/aromatic N) is 3. The average Bonchev–Trinajstić information content (AvgIpc) is 1.50. The highest BCUT2D eigenvalue weighted by Gasteiger charge is 2.63. The Morgan fingerprint density at radius 3 is 0.897 bits per heavy atom. The largest absolute Gasteiger partial charge is 0.311 e. The maximum Gasteiger partial charge on any atom is 0.0541 e. The summed E-state index contributed by atoms with van der Waals surface area (Å²) in [7, 11) is 0. The number of hydrogen-bond donors (Lipinski definition) is 0. The number of fused-ring (bicyclic) bond motifs is 12. The molecule has 4 heteroatoms. The van der Waals surface area contributed by atoms with Crippen molar-refractivity contribution in [1.29, 1.82) is 0 Å². The van der Waals surface area contributed by atoms with E-state index < -0.39 is 0 Å². The van der Waals surface area contributed by atoms with Crippen LogP contribution in [0.4, 0.5) is 34.1 Å². The van der Waals surface area contributed by atoms with Gasteiger partial charge < -0.3 is 14.4 Å². The Morgan fingerprint density at radius 1 is 0.206 bits per heavy atom. The van der Waals surface area contributed by atoms with E-state index in [0.717, 1.165) is 87.2 Å². The van der Waals surface area contributed by atoms with Gasteiger partial charge in [0, 0.05) is 81.6 Å². The van der Waals surface area contributed by atoms with Gasteiger partial charge in [-0.25, -0.2) is 0 Å². The SMILES string of the molecule is c1ccc(-c2ccc(N(c3ccc(-c4ccc(-c5ccc6c(c5)-c5ccccc5C65C6CC7CC(C6)CC5C7)cc4)cc3)c3ccc(-n4c5ccccc5c5ccccc54)cc3)cc2)cc1.c1ccc(-c2ccc(N(c3ccc(-c4ccc(-c5ccc6c(c5)-c5ccccc5C65C6CC7CC(C6)CC5C7)cc4)cc3)c3ccc4c(c3)sc3ccccc34)cc2)cc1. The second-order valence-electron chi connectivity index (χ2n) is 37.9. The van der Waals surface area contributed by atoms with Crippen LogP contribution in [-0.4, -0.2) is 4.57 Å². The summed E-state index contributed by atoms with van der Waals surface area (Å²) in [5.41, 5.74) is 38.2. The van der Waals surface area contributed by atoms with Crippen molar-refractivity contribution in [3.05, 3.63) is 429 Å². The van der Waals surface area contributed by atoms with Gasteiger partial charge in [-0.05, 0) is 338 Å². The van der Waals surface area contributed by atoms with Crippen LogP contribution in [0.1, 0.15) is 86.5 Å². The van der Waals surface area contributed by atoms with Crippen molar-refractivity contribution in [3.63, 3.8) is 0 Å². The Kier molecular flexibility index (Phi) is 17.3. The van der Waals surface area contributed by atoms with Crippen LogP contribution < -0.4 is 9.80 Å². The molecule has 10 aliphatic rings. The molecule has 3 nitrogen and oxygen atoms in total. The lowest BCUT2D eigenvalue weighted by atomic mass is 9.43. The highest BCUT2D eigenvalue weighted by molar-refractivity contribution is 7.25. The van der Waals surface area contributed by atoms with E-state index in [1.807, 2.05) is 11.3 Å². The molecule has 10 aliphatic carbocycles. The first-order valence-corrected chi connectivity index (χ1v) is 47.0. The molecule has 0 aliphatic heterocycles. The lowest BCUT2D eigenvalue weighted by molar-refractivity contribution is -0.0399. The van der Waals surface area contributed by atoms with Gasteiger partial charge in [-0.3, -0.25) is 0 Å². The molecule has 8 saturated carbocycles. The number of para-hydroxylation sites is 2. The summed E-state index contributed by atoms with van der Waals surface area (Å²) in [5, 5.41) is 5.18. The quantitative estimate of drug-likeness (QED) is 0.114. The van der Waals surface area contributed by atoms with Crippen molar-refractivity contribution < 1.29 is 0 Å². The molecule has 29 rings (SSSR count). The Balaban J connectivity index is 0.000000135. The topological polar surface area (TPSA) is 11.4 Å². The predicted octanol–water partition coefficient (Wildman–Crippen LogP) is 33.2. The smallest absolute Gasteiger partial charge is 0.0541 e. The van der Waals surface area contributed by atoms with Crippen molar-refractivity contribution in [2.75, 3.05) is 9.80 Å². The molecule has 2 heterocycles. The van der Waals surface area contributed by atoms with Crippen molar-refractivity contribution in [3.8, 4) is 94.7 Å². The van der Waals surface area contributed by atoms with Gasteiger partial charge in [0.05, 0.1) is 11.0 Å². The first kappa shape index (κ1) is 73.8. The Labute approximate surface area is 742 Å². The third-order valence-electron chi connectivity index (χ3n) is 31.5. The number of hydrogen-bond acceptors (Lipinski definition) is 3. The molecular formula is C122H95N3S. The minimum Gasteiger partial charge on any atom is -0.311 e. The first-order chi connectivity index (χ1) is 62.3. The molecular weight excluding hydrogens is 1540 g/mol. The molecule has 8 bridgehead atoms. The summed E-state index contributed by atoms with van der Waals surface area (Å²) in [4.78, 5) is 4.77. The lowest BCUT2D eigenvalue weighted by Gasteiger charge is -2.61. The first-order valence-electron chi connectivity index (χ1n) is 46.2. The third-order valence-corrected chi connectivity index (χ3v) is 32.6. The minimum atomic E-state index is 0.214. The molecule has 604 valence electrons. The summed E-state index contributed by atoms with van der Waals surface area (Å²) in [5.74, 6) is 7.00. The van der Waals surface area contributed by atoms with Crippen molar-refractivity contribution >= 4 is 87.4 Å². The van der Waals surface area contributed by atoms with Crippen LogP contribution in [0.25, 0.3) is 137 Å². The fourth-order valence-electron chi connectivity index (χ4n) is 26.6. The van der Waals surface area contributed by atoms with Crippen LogP contribution in [0.15, 0.2) is 406 Å². The predicted molar refractivity (Wildman–Crippen MR) is 529 cm³/mol. The van der Waals surface area contributed by atoms with Crippen LogP contribution in [0.3, 0.4) is 0 Å². The van der Waals surface area contributed by atoms with Gasteiger partial charge in [0.1, 0.15) is 0 Å². The monoisotopic (exact) mass is 1630 g/mol. The zero-order chi connectivity index (χ0) is 82.7. The van der Waals surface area contributed by atoms with E-state index in [1.54, 1.807) is 22.3 Å². The normalized spacial score (nSPS) is 21.6. The van der Waals surface area contributed by atoms with Gasteiger partial charge in [-0.1, -0.05) is 291 Å². The molecule has 2 spiro atoms. The molecule has 0 unspecified atom stereocenters. The van der Waals surface area contributed by atoms with E-state index in [-0.39, 0.29) is 10.8 Å². The van der Waals surface area contributed by atoms with E-state index >= 15 is 0 Å². The van der Waals surface area contributed by atoms with E-state index in [1.165, 1.54) is 195 Å². The molecule has 0 amide bonds. The Morgan fingerprint density at radius 2 is 0.492 bits per heavy atom. The lowest BCUT2D eigenvalue weighted by Crippen LogP contribution is -2.55. The molecule has 2 aromatic heterocycles. The van der Waals surface area contributed by atoms with Gasteiger partial charge in [-0.2, -0.15) is 0 Å². The van der Waals surface area contributed by atoms with Gasteiger partial charge in [0.25, 0.3) is 0 Å². The molecule has 19 aromatic rings. The minimum absolute atomic E-state index is 0.214. The number of anilines is 6. The van der Waals surface area contributed by atoms with Crippen LogP contribution in [0.5, 0.6) is 0 Å². The summed E-state index contributed by atoms with van der Waals surface area (Å²) in [6.07, 6.45) is 14.3. The van der Waals surface area contributed by atoms with Crippen LogP contribution in [-0.2, 0) is 10.8 Å². The molecule has 0 saturated heterocycles. The number of aromatic nitrogens is 1. The highest BCUT2D eigenvalue weighted by atomic mass is 32.1. The van der Waals surface area contributed by atoms with Gasteiger partial charge in [0.2, 0.25) is 0 Å². The van der Waals surface area contributed by atoms with Crippen LogP contribution >= 0.6 is 11.3 Å². The maximum absolute atomic E-state index is 2.54. The second kappa shape index (κ2) is 29.5. The van der Waals surface area contributed by atoms with Gasteiger partial charge >= 0.3 is 0 Å². The zero-order valence-corrected chi connectivity index (χ0v) is 71.4. The molecule has 8 fully saturated rings. The fourth-order valence-corrected chi connectivity index (χ4v) is 27.7. The van der Waals surface area contributed by atoms with E-state index in [2.05, 4.69) is 421 Å². The average molecular weight is 1640 g/mol. The summed E-state index contributed by atoms with van der Waals surface area (Å²) in [6.45, 7) is 0. The third kappa shape index (κ3) is 11.8. The van der Waals surface area contributed by atoms with Gasteiger partial charge in [-0.15, -0.1) is 11.3 Å². The fraction of sp³-hybridized carbons (Fsp3) is 0.164. The van der Waals surface area contributed by atoms with Crippen molar-refractivity contribution in [1.82, 2.24) is 4.57 Å². The van der Waals surface area contributed by atoms with Gasteiger partial charge in [0.15, 0.2) is 0 Å². The zero-order valence-electron chi connectivity index (χ0n) is 70.6. The molecule has 17 aromatic carbocycles. The Bertz CT molecular complexity index is 7320. The van der Waals surface area contributed by atoms with Crippen molar-refractivity contribution in [2.24, 2.45) is 47.3 Å². The van der Waals surface area contributed by atoms with E-state index in [4.69, 9.17) is 0 Å². The molecule has 126 heavy (non-hydrogen) atoms. The number of thiophene rings is 1. The Hall–Kier alpha value is -13.6. The molecule has 0 N–H and O–H groups in total. The highest BCUT2D eigenvalue weighted by Crippen LogP contribution is 2.72. The van der Waals surface area contributed by atoms with Crippen LogP contribution in [0.2, 0.25) is 0 Å². The summed E-state index contributed by atoms with van der Waals surface area (Å²) < 4.78 is 5.01. The second-order valence-corrected chi connectivity index (χ2v) is 39.0. The van der Waals surface area contributed by atoms with Crippen molar-refractivity contribution in [2.45, 2.75) is 75.0 Å².